The Hall–Kier alpha value is -4.08. The quantitative estimate of drug-likeness (QED) is 0.501. The van der Waals surface area contributed by atoms with Gasteiger partial charge in [-0.05, 0) is 31.2 Å². The van der Waals surface area contributed by atoms with Crippen molar-refractivity contribution in [2.45, 2.75) is 13.0 Å². The number of carboxylic acids is 1. The number of hydrogen-bond acceptors (Lipinski definition) is 7. The van der Waals surface area contributed by atoms with E-state index in [-0.39, 0.29) is 40.2 Å². The van der Waals surface area contributed by atoms with E-state index >= 15 is 0 Å². The maximum absolute atomic E-state index is 14.5. The van der Waals surface area contributed by atoms with Gasteiger partial charge in [-0.1, -0.05) is 12.1 Å². The summed E-state index contributed by atoms with van der Waals surface area (Å²) in [7, 11) is 0. The molecule has 8 nitrogen and oxygen atoms in total. The van der Waals surface area contributed by atoms with Gasteiger partial charge >= 0.3 is 12.0 Å². The molecular weight excluding hydrogens is 400 g/mol. The summed E-state index contributed by atoms with van der Waals surface area (Å²) in [6, 6.07) is 9.36. The van der Waals surface area contributed by atoms with E-state index in [4.69, 9.17) is 19.0 Å². The van der Waals surface area contributed by atoms with Gasteiger partial charge in [-0.25, -0.2) is 23.5 Å². The summed E-state index contributed by atoms with van der Waals surface area (Å²) in [6.07, 6.45) is 0.165. The molecule has 0 amide bonds. The highest BCUT2D eigenvalue weighted by molar-refractivity contribution is 5.73. The molecule has 0 fully saturated rings. The molecule has 0 saturated heterocycles. The number of ether oxygens (including phenoxy) is 2. The molecule has 0 radical (unpaired) electrons. The van der Waals surface area contributed by atoms with E-state index in [1.54, 1.807) is 6.07 Å². The van der Waals surface area contributed by atoms with Crippen molar-refractivity contribution in [3.63, 3.8) is 0 Å². The van der Waals surface area contributed by atoms with Crippen LogP contribution in [0, 0.1) is 11.6 Å². The lowest BCUT2D eigenvalue weighted by molar-refractivity contribution is -0.144. The molecule has 0 spiro atoms. The van der Waals surface area contributed by atoms with Crippen molar-refractivity contribution in [1.29, 1.82) is 0 Å². The number of benzene rings is 2. The van der Waals surface area contributed by atoms with Crippen LogP contribution >= 0.6 is 0 Å². The smallest absolute Gasteiger partial charge is 0.344 e. The van der Waals surface area contributed by atoms with Gasteiger partial charge in [0.05, 0.1) is 11.8 Å². The molecule has 0 aliphatic heterocycles. The fourth-order valence-corrected chi connectivity index (χ4v) is 2.51. The first kappa shape index (κ1) is 19.2. The number of hydrogen-bond donors (Lipinski definition) is 1. The zero-order valence-corrected chi connectivity index (χ0v) is 15.4. The van der Waals surface area contributed by atoms with Gasteiger partial charge < -0.3 is 19.0 Å². The number of aromatic nitrogens is 3. The molecule has 0 saturated carbocycles. The molecule has 2 aromatic carbocycles. The molecule has 0 aliphatic rings. The minimum Gasteiger partial charge on any atom is -0.479 e. The Bertz CT molecular complexity index is 1240. The molecule has 1 atom stereocenters. The number of carboxylic acid groups (broad SMARTS) is 1. The average Bonchev–Trinajstić information content (AvgIpc) is 3.12. The molecule has 0 bridgehead atoms. The number of para-hydroxylation sites is 1. The fourth-order valence-electron chi connectivity index (χ4n) is 2.51. The van der Waals surface area contributed by atoms with Gasteiger partial charge in [0.15, 0.2) is 17.7 Å². The molecule has 10 heteroatoms. The zero-order valence-electron chi connectivity index (χ0n) is 15.4. The maximum atomic E-state index is 14.5. The average molecular weight is 413 g/mol. The zero-order chi connectivity index (χ0) is 21.3. The lowest BCUT2D eigenvalue weighted by Crippen LogP contribution is -2.22. The van der Waals surface area contributed by atoms with Crippen LogP contribution in [0.1, 0.15) is 6.92 Å². The number of oxazole rings is 1. The monoisotopic (exact) mass is 413 g/mol. The van der Waals surface area contributed by atoms with E-state index in [9.17, 15) is 13.6 Å². The number of aliphatic carboxylic acids is 1. The van der Waals surface area contributed by atoms with Crippen LogP contribution in [0.25, 0.3) is 22.7 Å². The molecule has 4 rings (SSSR count). The molecule has 30 heavy (non-hydrogen) atoms. The summed E-state index contributed by atoms with van der Waals surface area (Å²) < 4.78 is 44.1. The highest BCUT2D eigenvalue weighted by atomic mass is 19.1. The molecule has 1 N–H and O–H groups in total. The number of fused-ring (bicyclic) bond motifs is 1. The summed E-state index contributed by atoms with van der Waals surface area (Å²) in [6.45, 7) is 1.33. The minimum absolute atomic E-state index is 0.0138. The van der Waals surface area contributed by atoms with Crippen LogP contribution in [-0.4, -0.2) is 32.1 Å². The van der Waals surface area contributed by atoms with Crippen molar-refractivity contribution in [3.05, 3.63) is 60.3 Å². The van der Waals surface area contributed by atoms with Crippen LogP contribution in [0.3, 0.4) is 0 Å². The Balaban J connectivity index is 1.61. The van der Waals surface area contributed by atoms with Crippen molar-refractivity contribution in [1.82, 2.24) is 15.0 Å². The second-order valence-electron chi connectivity index (χ2n) is 6.13. The summed E-state index contributed by atoms with van der Waals surface area (Å²) in [5, 5.41) is 8.87. The third-order valence-electron chi connectivity index (χ3n) is 4.00. The van der Waals surface area contributed by atoms with Crippen molar-refractivity contribution < 1.29 is 32.6 Å². The third kappa shape index (κ3) is 3.88. The Morgan fingerprint density at radius 2 is 1.93 bits per heavy atom. The largest absolute Gasteiger partial charge is 0.479 e. The Morgan fingerprint density at radius 1 is 1.13 bits per heavy atom. The summed E-state index contributed by atoms with van der Waals surface area (Å²) in [5.74, 6) is -2.58. The van der Waals surface area contributed by atoms with Gasteiger partial charge in [0.1, 0.15) is 17.1 Å². The Labute approximate surface area is 167 Å². The standard InChI is InChI=1S/C20H13F2N3O5/c1-10(19(26)27)28-11-6-7-12(14(22)8-11)17-24-15-9-23-20(25-18(15)30-17)29-16-5-3-2-4-13(16)21/h2-10H,1H3,(H,26,27). The Morgan fingerprint density at radius 3 is 2.67 bits per heavy atom. The molecule has 0 aliphatic carbocycles. The van der Waals surface area contributed by atoms with Gasteiger partial charge in [0.25, 0.3) is 5.71 Å². The van der Waals surface area contributed by atoms with E-state index in [1.165, 1.54) is 43.5 Å². The van der Waals surface area contributed by atoms with Gasteiger partial charge in [0, 0.05) is 6.07 Å². The molecule has 4 aromatic rings. The van der Waals surface area contributed by atoms with E-state index in [2.05, 4.69) is 15.0 Å². The first-order valence-corrected chi connectivity index (χ1v) is 8.66. The molecule has 152 valence electrons. The summed E-state index contributed by atoms with van der Waals surface area (Å²) >= 11 is 0. The topological polar surface area (TPSA) is 108 Å². The van der Waals surface area contributed by atoms with Crippen LogP contribution < -0.4 is 9.47 Å². The predicted octanol–water partition coefficient (Wildman–Crippen LogP) is 4.21. The summed E-state index contributed by atoms with van der Waals surface area (Å²) in [5.41, 5.74) is 0.274. The van der Waals surface area contributed by atoms with Crippen molar-refractivity contribution in [3.8, 4) is 29.0 Å². The van der Waals surface area contributed by atoms with E-state index in [0.717, 1.165) is 6.07 Å². The highest BCUT2D eigenvalue weighted by Gasteiger charge is 2.18. The van der Waals surface area contributed by atoms with Gasteiger partial charge in [0.2, 0.25) is 5.89 Å². The van der Waals surface area contributed by atoms with Crippen LogP contribution in [0.5, 0.6) is 17.5 Å². The van der Waals surface area contributed by atoms with Gasteiger partial charge in [-0.2, -0.15) is 4.98 Å². The van der Waals surface area contributed by atoms with E-state index in [0.29, 0.717) is 0 Å². The Kier molecular flexibility index (Phi) is 4.97. The maximum Gasteiger partial charge on any atom is 0.344 e. The second-order valence-corrected chi connectivity index (χ2v) is 6.13. The first-order chi connectivity index (χ1) is 14.4. The number of nitrogens with zero attached hydrogens (tertiary/aromatic N) is 3. The number of halogens is 2. The van der Waals surface area contributed by atoms with Crippen LogP contribution in [0.2, 0.25) is 0 Å². The number of carbonyl (C=O) groups is 1. The molecule has 2 heterocycles. The van der Waals surface area contributed by atoms with Crippen LogP contribution in [0.15, 0.2) is 53.1 Å². The van der Waals surface area contributed by atoms with Crippen molar-refractivity contribution in [2.75, 3.05) is 0 Å². The van der Waals surface area contributed by atoms with Crippen molar-refractivity contribution in [2.24, 2.45) is 0 Å². The predicted molar refractivity (Wildman–Crippen MR) is 99.2 cm³/mol. The lowest BCUT2D eigenvalue weighted by Gasteiger charge is -2.10. The molecule has 1 unspecified atom stereocenters. The molecular formula is C20H13F2N3O5. The lowest BCUT2D eigenvalue weighted by atomic mass is 10.2. The second kappa shape index (κ2) is 7.74. The summed E-state index contributed by atoms with van der Waals surface area (Å²) in [4.78, 5) is 22.9. The van der Waals surface area contributed by atoms with Gasteiger partial charge in [-0.3, -0.25) is 0 Å². The van der Waals surface area contributed by atoms with E-state index < -0.39 is 23.7 Å². The van der Waals surface area contributed by atoms with Gasteiger partial charge in [-0.15, -0.1) is 0 Å². The first-order valence-electron chi connectivity index (χ1n) is 8.66. The minimum atomic E-state index is -1.18. The van der Waals surface area contributed by atoms with E-state index in [1.807, 2.05) is 0 Å². The highest BCUT2D eigenvalue weighted by Crippen LogP contribution is 2.29. The van der Waals surface area contributed by atoms with Crippen LogP contribution in [0.4, 0.5) is 8.78 Å². The SMILES string of the molecule is CC(Oc1ccc(-c2nc3cnc(Oc4ccccc4F)nc3o2)c(F)c1)C(=O)O. The number of rotatable bonds is 6. The third-order valence-corrected chi connectivity index (χ3v) is 4.00. The normalized spacial score (nSPS) is 12.0. The van der Waals surface area contributed by atoms with Crippen molar-refractivity contribution >= 4 is 17.2 Å². The molecule has 2 aromatic heterocycles. The van der Waals surface area contributed by atoms with Crippen LogP contribution in [-0.2, 0) is 4.79 Å². The fraction of sp³-hybridized carbons (Fsp3) is 0.100.